The second-order valence-corrected chi connectivity index (χ2v) is 6.55. The van der Waals surface area contributed by atoms with Gasteiger partial charge in [-0.15, -0.1) is 0 Å². The summed E-state index contributed by atoms with van der Waals surface area (Å²) in [5.41, 5.74) is 0. The summed E-state index contributed by atoms with van der Waals surface area (Å²) in [7, 11) is 0. The molecule has 3 fully saturated rings. The zero-order chi connectivity index (χ0) is 12.0. The van der Waals surface area contributed by atoms with Gasteiger partial charge in [-0.3, -0.25) is 9.80 Å². The van der Waals surface area contributed by atoms with E-state index in [1.54, 1.807) is 0 Å². The average Bonchev–Trinajstić information content (AvgIpc) is 2.95. The van der Waals surface area contributed by atoms with Crippen LogP contribution >= 0.6 is 0 Å². The average molecular weight is 237 g/mol. The predicted octanol–water partition coefficient (Wildman–Crippen LogP) is 1.01. The Balaban J connectivity index is 1.63. The van der Waals surface area contributed by atoms with E-state index in [9.17, 15) is 0 Å². The van der Waals surface area contributed by atoms with E-state index < -0.39 is 0 Å². The molecule has 0 saturated carbocycles. The Bertz CT molecular complexity index is 279. The molecule has 3 rings (SSSR count). The summed E-state index contributed by atoms with van der Waals surface area (Å²) in [6.07, 6.45) is 1.38. The highest BCUT2D eigenvalue weighted by molar-refractivity contribution is 5.00. The summed E-state index contributed by atoms with van der Waals surface area (Å²) in [6.45, 7) is 13.6. The fraction of sp³-hybridized carbons (Fsp3) is 1.00. The van der Waals surface area contributed by atoms with Crippen LogP contribution in [0.4, 0.5) is 0 Å². The van der Waals surface area contributed by atoms with Crippen molar-refractivity contribution < 1.29 is 0 Å². The Kier molecular flexibility index (Phi) is 3.18. The van der Waals surface area contributed by atoms with Gasteiger partial charge in [0.25, 0.3) is 0 Å². The van der Waals surface area contributed by atoms with Crippen LogP contribution in [0.15, 0.2) is 0 Å². The fourth-order valence-corrected chi connectivity index (χ4v) is 4.19. The minimum absolute atomic E-state index is 0.721. The molecule has 0 bridgehead atoms. The topological polar surface area (TPSA) is 18.5 Å². The first-order valence-electron chi connectivity index (χ1n) is 7.37. The van der Waals surface area contributed by atoms with Gasteiger partial charge >= 0.3 is 0 Å². The zero-order valence-electron chi connectivity index (χ0n) is 11.5. The van der Waals surface area contributed by atoms with Gasteiger partial charge in [0, 0.05) is 37.8 Å². The lowest BCUT2D eigenvalue weighted by Gasteiger charge is -2.31. The number of likely N-dealkylation sites (tertiary alicyclic amines) is 2. The Hall–Kier alpha value is -0.120. The van der Waals surface area contributed by atoms with E-state index in [4.69, 9.17) is 0 Å². The maximum absolute atomic E-state index is 3.56. The second-order valence-electron chi connectivity index (χ2n) is 6.55. The van der Waals surface area contributed by atoms with Crippen LogP contribution in [0.5, 0.6) is 0 Å². The predicted molar refractivity (Wildman–Crippen MR) is 71.1 cm³/mol. The highest BCUT2D eigenvalue weighted by Crippen LogP contribution is 2.35. The maximum atomic E-state index is 3.56. The van der Waals surface area contributed by atoms with Crippen molar-refractivity contribution in [2.24, 2.45) is 11.8 Å². The summed E-state index contributed by atoms with van der Waals surface area (Å²) in [5, 5.41) is 3.56. The van der Waals surface area contributed by atoms with Crippen molar-refractivity contribution in [3.8, 4) is 0 Å². The van der Waals surface area contributed by atoms with Crippen LogP contribution in [0, 0.1) is 11.8 Å². The van der Waals surface area contributed by atoms with E-state index in [-0.39, 0.29) is 0 Å². The molecule has 0 radical (unpaired) electrons. The first-order chi connectivity index (χ1) is 8.16. The van der Waals surface area contributed by atoms with Crippen molar-refractivity contribution >= 4 is 0 Å². The molecule has 0 aromatic carbocycles. The van der Waals surface area contributed by atoms with E-state index in [1.165, 1.54) is 39.1 Å². The summed E-state index contributed by atoms with van der Waals surface area (Å²) in [4.78, 5) is 5.46. The second kappa shape index (κ2) is 4.52. The van der Waals surface area contributed by atoms with E-state index in [2.05, 4.69) is 35.9 Å². The van der Waals surface area contributed by atoms with Gasteiger partial charge in [-0.25, -0.2) is 0 Å². The third-order valence-corrected chi connectivity index (χ3v) is 5.37. The van der Waals surface area contributed by atoms with Gasteiger partial charge in [-0.05, 0) is 52.1 Å². The van der Waals surface area contributed by atoms with Crippen LogP contribution in [0.2, 0.25) is 0 Å². The smallest absolute Gasteiger partial charge is 0.0238 e. The normalized spacial score (nSPS) is 43.8. The molecule has 0 amide bonds. The fourth-order valence-electron chi connectivity index (χ4n) is 4.19. The molecule has 1 N–H and O–H groups in total. The number of nitrogens with zero attached hydrogens (tertiary/aromatic N) is 2. The lowest BCUT2D eigenvalue weighted by atomic mass is 9.95. The Morgan fingerprint density at radius 1 is 1.18 bits per heavy atom. The summed E-state index contributed by atoms with van der Waals surface area (Å²) >= 11 is 0. The van der Waals surface area contributed by atoms with Gasteiger partial charge in [0.2, 0.25) is 0 Å². The Morgan fingerprint density at radius 2 is 2.00 bits per heavy atom. The van der Waals surface area contributed by atoms with Crippen molar-refractivity contribution in [3.05, 3.63) is 0 Å². The highest BCUT2D eigenvalue weighted by Gasteiger charge is 2.45. The first-order valence-corrected chi connectivity index (χ1v) is 7.37. The lowest BCUT2D eigenvalue weighted by Crippen LogP contribution is -2.43. The van der Waals surface area contributed by atoms with Gasteiger partial charge in [0.15, 0.2) is 0 Å². The standard InChI is InChI=1S/C14H27N3/c1-10(2)16-5-4-13(9-16)17-8-12-6-15-7-14(12)11(17)3/h10-15H,4-9H2,1-3H3. The molecule has 3 saturated heterocycles. The van der Waals surface area contributed by atoms with Gasteiger partial charge in [-0.2, -0.15) is 0 Å². The lowest BCUT2D eigenvalue weighted by molar-refractivity contribution is 0.161. The Morgan fingerprint density at radius 3 is 2.65 bits per heavy atom. The van der Waals surface area contributed by atoms with Crippen LogP contribution in [-0.2, 0) is 0 Å². The molecule has 0 aromatic rings. The van der Waals surface area contributed by atoms with Crippen molar-refractivity contribution in [1.29, 1.82) is 0 Å². The summed E-state index contributed by atoms with van der Waals surface area (Å²) < 4.78 is 0. The van der Waals surface area contributed by atoms with Crippen molar-refractivity contribution in [2.75, 3.05) is 32.7 Å². The molecule has 3 heterocycles. The monoisotopic (exact) mass is 237 g/mol. The molecular weight excluding hydrogens is 210 g/mol. The van der Waals surface area contributed by atoms with Crippen LogP contribution in [-0.4, -0.2) is 60.6 Å². The first kappa shape index (κ1) is 11.9. The van der Waals surface area contributed by atoms with E-state index in [1.807, 2.05) is 0 Å². The van der Waals surface area contributed by atoms with Crippen molar-refractivity contribution in [2.45, 2.75) is 45.3 Å². The van der Waals surface area contributed by atoms with Crippen LogP contribution < -0.4 is 5.32 Å². The number of nitrogens with one attached hydrogen (secondary N) is 1. The summed E-state index contributed by atoms with van der Waals surface area (Å²) in [5.74, 6) is 1.85. The minimum Gasteiger partial charge on any atom is -0.316 e. The number of fused-ring (bicyclic) bond motifs is 1. The van der Waals surface area contributed by atoms with Crippen molar-refractivity contribution in [1.82, 2.24) is 15.1 Å². The molecule has 0 spiro atoms. The van der Waals surface area contributed by atoms with Gasteiger partial charge in [-0.1, -0.05) is 0 Å². The molecule has 98 valence electrons. The number of hydrogen-bond acceptors (Lipinski definition) is 3. The quantitative estimate of drug-likeness (QED) is 0.773. The molecule has 3 heteroatoms. The van der Waals surface area contributed by atoms with Crippen molar-refractivity contribution in [3.63, 3.8) is 0 Å². The molecule has 3 aliphatic rings. The van der Waals surface area contributed by atoms with Gasteiger partial charge in [0.05, 0.1) is 0 Å². The number of rotatable bonds is 2. The molecule has 4 atom stereocenters. The minimum atomic E-state index is 0.721. The Labute approximate surface area is 106 Å². The van der Waals surface area contributed by atoms with E-state index >= 15 is 0 Å². The highest BCUT2D eigenvalue weighted by atomic mass is 15.3. The molecule has 3 nitrogen and oxygen atoms in total. The molecule has 3 aliphatic heterocycles. The third kappa shape index (κ3) is 2.02. The molecule has 0 aliphatic carbocycles. The summed E-state index contributed by atoms with van der Waals surface area (Å²) in [6, 6.07) is 2.35. The van der Waals surface area contributed by atoms with E-state index in [0.717, 1.165) is 30.0 Å². The molecule has 17 heavy (non-hydrogen) atoms. The number of hydrogen-bond donors (Lipinski definition) is 1. The zero-order valence-corrected chi connectivity index (χ0v) is 11.5. The molecule has 4 unspecified atom stereocenters. The molecule has 0 aromatic heterocycles. The van der Waals surface area contributed by atoms with Crippen LogP contribution in [0.3, 0.4) is 0 Å². The maximum Gasteiger partial charge on any atom is 0.0238 e. The van der Waals surface area contributed by atoms with Gasteiger partial charge in [0.1, 0.15) is 0 Å². The third-order valence-electron chi connectivity index (χ3n) is 5.37. The van der Waals surface area contributed by atoms with Crippen LogP contribution in [0.25, 0.3) is 0 Å². The SMILES string of the molecule is CC(C)N1CCC(N2CC3CNCC3C2C)C1. The largest absolute Gasteiger partial charge is 0.316 e. The van der Waals surface area contributed by atoms with Gasteiger partial charge < -0.3 is 5.32 Å². The molecular formula is C14H27N3. The van der Waals surface area contributed by atoms with Crippen LogP contribution in [0.1, 0.15) is 27.2 Å². The van der Waals surface area contributed by atoms with E-state index in [0.29, 0.717) is 0 Å².